The summed E-state index contributed by atoms with van der Waals surface area (Å²) in [6.07, 6.45) is 5.56. The first-order valence-electron chi connectivity index (χ1n) is 3.37. The van der Waals surface area contributed by atoms with Gasteiger partial charge < -0.3 is 0 Å². The zero-order chi connectivity index (χ0) is 7.40. The number of allylic oxidation sites excluding steroid dienone is 1. The summed E-state index contributed by atoms with van der Waals surface area (Å²) in [6.45, 7) is 5.81. The summed E-state index contributed by atoms with van der Waals surface area (Å²) >= 11 is 0. The first-order valence-corrected chi connectivity index (χ1v) is 3.37. The maximum atomic E-state index is 4.01. The third-order valence-corrected chi connectivity index (χ3v) is 1.56. The van der Waals surface area contributed by atoms with Crippen molar-refractivity contribution < 1.29 is 0 Å². The Hall–Kier alpha value is -1.11. The molecule has 1 rings (SSSR count). The van der Waals surface area contributed by atoms with Crippen LogP contribution in [0.2, 0.25) is 0 Å². The smallest absolute Gasteiger partial charge is 0.0305 e. The van der Waals surface area contributed by atoms with Crippen LogP contribution in [-0.2, 0) is 0 Å². The lowest BCUT2D eigenvalue weighted by atomic mass is 10.0. The molecule has 0 amide bonds. The van der Waals surface area contributed by atoms with Gasteiger partial charge in [-0.3, -0.25) is 4.98 Å². The Bertz CT molecular complexity index is 203. The largest absolute Gasteiger partial charge is 0.264 e. The Morgan fingerprint density at radius 1 is 1.70 bits per heavy atom. The second-order valence-corrected chi connectivity index (χ2v) is 2.31. The fourth-order valence-electron chi connectivity index (χ4n) is 0.781. The first-order chi connectivity index (χ1) is 4.84. The Balaban J connectivity index is 2.84. The maximum absolute atomic E-state index is 4.01. The standard InChI is InChI=1S/C9H11N/c1-3-8(2)9-5-4-6-10-7-9/h3-8H,1H2,2H3. The van der Waals surface area contributed by atoms with E-state index in [1.807, 2.05) is 18.3 Å². The third kappa shape index (κ3) is 1.44. The highest BCUT2D eigenvalue weighted by Gasteiger charge is 1.97. The summed E-state index contributed by atoms with van der Waals surface area (Å²) in [6, 6.07) is 3.99. The molecule has 1 unspecified atom stereocenters. The molecule has 0 aliphatic rings. The second kappa shape index (κ2) is 3.16. The summed E-state index contributed by atoms with van der Waals surface area (Å²) < 4.78 is 0. The summed E-state index contributed by atoms with van der Waals surface area (Å²) in [5, 5.41) is 0. The fourth-order valence-corrected chi connectivity index (χ4v) is 0.781. The van der Waals surface area contributed by atoms with Gasteiger partial charge in [0, 0.05) is 18.3 Å². The molecular formula is C9H11N. The molecule has 0 aromatic carbocycles. The fraction of sp³-hybridized carbons (Fsp3) is 0.222. The highest BCUT2D eigenvalue weighted by molar-refractivity contribution is 5.17. The number of hydrogen-bond donors (Lipinski definition) is 0. The molecule has 52 valence electrons. The molecular weight excluding hydrogens is 122 g/mol. The molecule has 1 heterocycles. The normalized spacial score (nSPS) is 12.5. The zero-order valence-corrected chi connectivity index (χ0v) is 6.12. The first kappa shape index (κ1) is 7.00. The molecule has 1 heteroatoms. The van der Waals surface area contributed by atoms with Crippen molar-refractivity contribution in [1.29, 1.82) is 0 Å². The van der Waals surface area contributed by atoms with Crippen LogP contribution in [0.3, 0.4) is 0 Å². The van der Waals surface area contributed by atoms with E-state index in [0.717, 1.165) is 0 Å². The van der Waals surface area contributed by atoms with Crippen LogP contribution in [0, 0.1) is 0 Å². The van der Waals surface area contributed by atoms with Gasteiger partial charge >= 0.3 is 0 Å². The molecule has 0 aliphatic heterocycles. The van der Waals surface area contributed by atoms with Crippen molar-refractivity contribution in [1.82, 2.24) is 4.98 Å². The average Bonchev–Trinajstić information content (AvgIpc) is 2.05. The quantitative estimate of drug-likeness (QED) is 0.564. The summed E-state index contributed by atoms with van der Waals surface area (Å²) in [4.78, 5) is 4.01. The van der Waals surface area contributed by atoms with Crippen LogP contribution in [0.1, 0.15) is 18.4 Å². The third-order valence-electron chi connectivity index (χ3n) is 1.56. The van der Waals surface area contributed by atoms with Crippen molar-refractivity contribution in [2.45, 2.75) is 12.8 Å². The van der Waals surface area contributed by atoms with Crippen molar-refractivity contribution in [3.05, 3.63) is 42.7 Å². The minimum atomic E-state index is 0.411. The number of hydrogen-bond acceptors (Lipinski definition) is 1. The minimum absolute atomic E-state index is 0.411. The van der Waals surface area contributed by atoms with E-state index in [0.29, 0.717) is 5.92 Å². The number of nitrogens with zero attached hydrogens (tertiary/aromatic N) is 1. The Labute approximate surface area is 61.4 Å². The van der Waals surface area contributed by atoms with E-state index in [1.54, 1.807) is 6.20 Å². The molecule has 1 aromatic rings. The van der Waals surface area contributed by atoms with Crippen molar-refractivity contribution in [3.8, 4) is 0 Å². The molecule has 1 nitrogen and oxygen atoms in total. The Kier molecular flexibility index (Phi) is 2.21. The molecule has 0 radical (unpaired) electrons. The zero-order valence-electron chi connectivity index (χ0n) is 6.12. The van der Waals surface area contributed by atoms with E-state index in [2.05, 4.69) is 24.6 Å². The van der Waals surface area contributed by atoms with Gasteiger partial charge in [-0.15, -0.1) is 6.58 Å². The predicted octanol–water partition coefficient (Wildman–Crippen LogP) is 2.37. The summed E-state index contributed by atoms with van der Waals surface area (Å²) in [5.74, 6) is 0.411. The Morgan fingerprint density at radius 2 is 2.50 bits per heavy atom. The molecule has 0 spiro atoms. The highest BCUT2D eigenvalue weighted by atomic mass is 14.6. The molecule has 0 fully saturated rings. The van der Waals surface area contributed by atoms with Gasteiger partial charge in [-0.1, -0.05) is 19.1 Å². The van der Waals surface area contributed by atoms with Crippen LogP contribution < -0.4 is 0 Å². The molecule has 1 atom stereocenters. The monoisotopic (exact) mass is 133 g/mol. The van der Waals surface area contributed by atoms with Crippen molar-refractivity contribution >= 4 is 0 Å². The van der Waals surface area contributed by atoms with Gasteiger partial charge in [-0.25, -0.2) is 0 Å². The lowest BCUT2D eigenvalue weighted by Crippen LogP contribution is -1.87. The van der Waals surface area contributed by atoms with Crippen LogP contribution in [0.5, 0.6) is 0 Å². The Morgan fingerprint density at radius 3 is 3.00 bits per heavy atom. The minimum Gasteiger partial charge on any atom is -0.264 e. The lowest BCUT2D eigenvalue weighted by Gasteiger charge is -2.02. The van der Waals surface area contributed by atoms with Crippen LogP contribution in [0.4, 0.5) is 0 Å². The second-order valence-electron chi connectivity index (χ2n) is 2.31. The van der Waals surface area contributed by atoms with Crippen LogP contribution in [0.25, 0.3) is 0 Å². The van der Waals surface area contributed by atoms with Crippen molar-refractivity contribution in [2.75, 3.05) is 0 Å². The van der Waals surface area contributed by atoms with Gasteiger partial charge in [0.15, 0.2) is 0 Å². The topological polar surface area (TPSA) is 12.9 Å². The molecule has 10 heavy (non-hydrogen) atoms. The van der Waals surface area contributed by atoms with Crippen molar-refractivity contribution in [3.63, 3.8) is 0 Å². The van der Waals surface area contributed by atoms with Gasteiger partial charge in [-0.05, 0) is 11.6 Å². The van der Waals surface area contributed by atoms with E-state index in [1.165, 1.54) is 5.56 Å². The van der Waals surface area contributed by atoms with E-state index in [4.69, 9.17) is 0 Å². The van der Waals surface area contributed by atoms with E-state index >= 15 is 0 Å². The number of pyridine rings is 1. The van der Waals surface area contributed by atoms with Gasteiger partial charge in [0.05, 0.1) is 0 Å². The molecule has 0 saturated heterocycles. The predicted molar refractivity (Wildman–Crippen MR) is 42.8 cm³/mol. The van der Waals surface area contributed by atoms with Gasteiger partial charge in [0.25, 0.3) is 0 Å². The maximum Gasteiger partial charge on any atom is 0.0305 e. The average molecular weight is 133 g/mol. The molecule has 0 N–H and O–H groups in total. The summed E-state index contributed by atoms with van der Waals surface area (Å²) in [7, 11) is 0. The van der Waals surface area contributed by atoms with E-state index < -0.39 is 0 Å². The van der Waals surface area contributed by atoms with Crippen LogP contribution >= 0.6 is 0 Å². The molecule has 0 bridgehead atoms. The van der Waals surface area contributed by atoms with Gasteiger partial charge in [0.1, 0.15) is 0 Å². The number of aromatic nitrogens is 1. The SMILES string of the molecule is C=CC(C)c1cccnc1. The van der Waals surface area contributed by atoms with Gasteiger partial charge in [-0.2, -0.15) is 0 Å². The van der Waals surface area contributed by atoms with Gasteiger partial charge in [0.2, 0.25) is 0 Å². The highest BCUT2D eigenvalue weighted by Crippen LogP contribution is 2.12. The molecule has 0 aliphatic carbocycles. The van der Waals surface area contributed by atoms with Crippen LogP contribution in [-0.4, -0.2) is 4.98 Å². The lowest BCUT2D eigenvalue weighted by molar-refractivity contribution is 0.957. The molecule has 0 saturated carbocycles. The van der Waals surface area contributed by atoms with E-state index in [9.17, 15) is 0 Å². The molecule has 1 aromatic heterocycles. The number of rotatable bonds is 2. The summed E-state index contributed by atoms with van der Waals surface area (Å²) in [5.41, 5.74) is 1.22. The van der Waals surface area contributed by atoms with Crippen molar-refractivity contribution in [2.24, 2.45) is 0 Å². The van der Waals surface area contributed by atoms with E-state index in [-0.39, 0.29) is 0 Å². The van der Waals surface area contributed by atoms with Crippen LogP contribution in [0.15, 0.2) is 37.2 Å².